The van der Waals surface area contributed by atoms with Crippen molar-refractivity contribution in [1.82, 2.24) is 14.8 Å². The van der Waals surface area contributed by atoms with E-state index in [1.807, 2.05) is 50.2 Å². The number of hydrogen-bond acceptors (Lipinski definition) is 5. The average Bonchev–Trinajstić information content (AvgIpc) is 3.25. The Kier molecular flexibility index (Phi) is 6.62. The van der Waals surface area contributed by atoms with Crippen LogP contribution in [-0.4, -0.2) is 72.7 Å². The molecule has 1 fully saturated rings. The predicted molar refractivity (Wildman–Crippen MR) is 136 cm³/mol. The van der Waals surface area contributed by atoms with Gasteiger partial charge in [0.1, 0.15) is 12.1 Å². The highest BCUT2D eigenvalue weighted by Crippen LogP contribution is 2.46. The molecule has 5 rings (SSSR count). The number of hydrogen-bond donors (Lipinski definition) is 1. The summed E-state index contributed by atoms with van der Waals surface area (Å²) >= 11 is 0. The second-order valence-electron chi connectivity index (χ2n) is 9.60. The number of methoxy groups -OCH3 is 2. The number of aromatic amines is 1. The monoisotopic (exact) mass is 491 g/mol. The number of H-pyrrole nitrogens is 1. The molecular formula is C28H33N3O5. The summed E-state index contributed by atoms with van der Waals surface area (Å²) < 4.78 is 17.0. The van der Waals surface area contributed by atoms with Crippen LogP contribution in [0.1, 0.15) is 43.1 Å². The number of fused-ring (bicyclic) bond motifs is 4. The van der Waals surface area contributed by atoms with Gasteiger partial charge in [-0.1, -0.05) is 30.3 Å². The summed E-state index contributed by atoms with van der Waals surface area (Å²) in [6, 6.07) is 12.6. The zero-order chi connectivity index (χ0) is 25.4. The first-order valence-corrected chi connectivity index (χ1v) is 12.5. The van der Waals surface area contributed by atoms with Crippen molar-refractivity contribution < 1.29 is 23.8 Å². The lowest BCUT2D eigenvalue weighted by molar-refractivity contribution is -0.158. The lowest BCUT2D eigenvalue weighted by atomic mass is 9.85. The van der Waals surface area contributed by atoms with Crippen LogP contribution in [0.2, 0.25) is 0 Å². The largest absolute Gasteiger partial charge is 0.493 e. The van der Waals surface area contributed by atoms with E-state index in [4.69, 9.17) is 14.2 Å². The van der Waals surface area contributed by atoms with Crippen LogP contribution in [0.25, 0.3) is 10.9 Å². The van der Waals surface area contributed by atoms with Gasteiger partial charge in [0.15, 0.2) is 11.5 Å². The molecule has 0 unspecified atom stereocenters. The molecule has 3 aromatic rings. The number of benzene rings is 2. The van der Waals surface area contributed by atoms with E-state index in [0.717, 1.165) is 27.7 Å². The number of ether oxygens (including phenoxy) is 3. The normalized spacial score (nSPS) is 19.6. The second-order valence-corrected chi connectivity index (χ2v) is 9.60. The molecule has 2 atom stereocenters. The van der Waals surface area contributed by atoms with Crippen LogP contribution in [0.5, 0.6) is 11.5 Å². The molecule has 0 saturated carbocycles. The van der Waals surface area contributed by atoms with Crippen molar-refractivity contribution in [3.63, 3.8) is 0 Å². The van der Waals surface area contributed by atoms with Gasteiger partial charge >= 0.3 is 0 Å². The average molecular weight is 492 g/mol. The maximum absolute atomic E-state index is 13.8. The molecule has 2 amide bonds. The van der Waals surface area contributed by atoms with Gasteiger partial charge in [-0.05, 0) is 38.0 Å². The number of nitrogens with one attached hydrogen (secondary N) is 1. The molecule has 1 aromatic heterocycles. The molecule has 2 aliphatic rings. The standard InChI is InChI=1S/C28H33N3O5/c1-17(2)36-14-8-13-30-16-24(32)31-22(28(30)33)15-20-18-9-5-6-11-21(18)29-25(20)26(31)19-10-7-12-23(34-3)27(19)35-4/h5-7,9-12,17,22,26,29H,8,13-16H2,1-4H3/t22-,26+/m0/s1. The SMILES string of the molecule is COc1cccc([C@@H]2c3[nH]c4ccccc4c3C[C@H]3C(=O)N(CCCOC(C)C)CC(=O)N23)c1OC. The van der Waals surface area contributed by atoms with E-state index in [9.17, 15) is 9.59 Å². The van der Waals surface area contributed by atoms with E-state index in [1.54, 1.807) is 24.0 Å². The van der Waals surface area contributed by atoms with Crippen LogP contribution in [0.15, 0.2) is 42.5 Å². The van der Waals surface area contributed by atoms with Gasteiger partial charge in [0.25, 0.3) is 0 Å². The third-order valence-electron chi connectivity index (χ3n) is 7.09. The molecule has 0 aliphatic carbocycles. The third kappa shape index (κ3) is 4.09. The first kappa shape index (κ1) is 24.2. The van der Waals surface area contributed by atoms with Gasteiger partial charge in [-0.3, -0.25) is 9.59 Å². The Morgan fingerprint density at radius 2 is 1.86 bits per heavy atom. The lowest BCUT2D eigenvalue weighted by Crippen LogP contribution is -2.63. The second kappa shape index (κ2) is 9.85. The Bertz CT molecular complexity index is 1280. The van der Waals surface area contributed by atoms with Gasteiger partial charge < -0.3 is 29.0 Å². The van der Waals surface area contributed by atoms with Crippen LogP contribution in [0.3, 0.4) is 0 Å². The molecule has 190 valence electrons. The molecule has 1 N–H and O–H groups in total. The van der Waals surface area contributed by atoms with Gasteiger partial charge in [-0.25, -0.2) is 0 Å². The van der Waals surface area contributed by atoms with E-state index >= 15 is 0 Å². The number of aromatic nitrogens is 1. The lowest BCUT2D eigenvalue weighted by Gasteiger charge is -2.47. The Labute approximate surface area is 211 Å². The number of para-hydroxylation sites is 2. The summed E-state index contributed by atoms with van der Waals surface area (Å²) in [4.78, 5) is 34.5. The number of carbonyl (C=O) groups excluding carboxylic acids is 2. The minimum Gasteiger partial charge on any atom is -0.493 e. The summed E-state index contributed by atoms with van der Waals surface area (Å²) in [6.45, 7) is 5.08. The molecule has 0 bridgehead atoms. The van der Waals surface area contributed by atoms with Crippen LogP contribution in [-0.2, 0) is 20.7 Å². The van der Waals surface area contributed by atoms with Crippen molar-refractivity contribution in [1.29, 1.82) is 0 Å². The van der Waals surface area contributed by atoms with E-state index in [0.29, 0.717) is 37.5 Å². The van der Waals surface area contributed by atoms with Crippen molar-refractivity contribution in [2.24, 2.45) is 0 Å². The number of amides is 2. The summed E-state index contributed by atoms with van der Waals surface area (Å²) in [5.41, 5.74) is 3.75. The van der Waals surface area contributed by atoms with Crippen molar-refractivity contribution in [2.45, 2.75) is 44.9 Å². The predicted octanol–water partition coefficient (Wildman–Crippen LogP) is 3.69. The summed E-state index contributed by atoms with van der Waals surface area (Å²) in [7, 11) is 3.19. The first-order valence-electron chi connectivity index (χ1n) is 12.5. The maximum Gasteiger partial charge on any atom is 0.246 e. The fraction of sp³-hybridized carbons (Fsp3) is 0.429. The molecule has 0 spiro atoms. The Morgan fingerprint density at radius 1 is 1.06 bits per heavy atom. The molecular weight excluding hydrogens is 458 g/mol. The van der Waals surface area contributed by atoms with Crippen molar-refractivity contribution >= 4 is 22.7 Å². The van der Waals surface area contributed by atoms with Crippen LogP contribution in [0.4, 0.5) is 0 Å². The molecule has 8 nitrogen and oxygen atoms in total. The zero-order valence-corrected chi connectivity index (χ0v) is 21.2. The quantitative estimate of drug-likeness (QED) is 0.486. The highest BCUT2D eigenvalue weighted by Gasteiger charge is 2.48. The van der Waals surface area contributed by atoms with Gasteiger partial charge in [0, 0.05) is 41.7 Å². The highest BCUT2D eigenvalue weighted by atomic mass is 16.5. The topological polar surface area (TPSA) is 84.1 Å². The summed E-state index contributed by atoms with van der Waals surface area (Å²) in [5, 5.41) is 1.07. The molecule has 8 heteroatoms. The Morgan fingerprint density at radius 3 is 2.61 bits per heavy atom. The van der Waals surface area contributed by atoms with Gasteiger partial charge in [0.2, 0.25) is 11.8 Å². The fourth-order valence-corrected chi connectivity index (χ4v) is 5.54. The van der Waals surface area contributed by atoms with Gasteiger partial charge in [-0.2, -0.15) is 0 Å². The molecule has 3 heterocycles. The number of carbonyl (C=O) groups is 2. The number of rotatable bonds is 8. The van der Waals surface area contributed by atoms with Crippen molar-refractivity contribution in [3.05, 3.63) is 59.3 Å². The van der Waals surface area contributed by atoms with Gasteiger partial charge in [-0.15, -0.1) is 0 Å². The highest BCUT2D eigenvalue weighted by molar-refractivity contribution is 5.97. The first-order chi connectivity index (χ1) is 17.4. The van der Waals surface area contributed by atoms with Crippen LogP contribution >= 0.6 is 0 Å². The summed E-state index contributed by atoms with van der Waals surface area (Å²) in [5.74, 6) is 1.03. The van der Waals surface area contributed by atoms with Crippen LogP contribution < -0.4 is 9.47 Å². The summed E-state index contributed by atoms with van der Waals surface area (Å²) in [6.07, 6.45) is 1.29. The Balaban J connectivity index is 1.58. The maximum atomic E-state index is 13.8. The molecule has 1 saturated heterocycles. The Hall–Kier alpha value is -3.52. The van der Waals surface area contributed by atoms with E-state index in [-0.39, 0.29) is 24.5 Å². The molecule has 2 aliphatic heterocycles. The smallest absolute Gasteiger partial charge is 0.246 e. The van der Waals surface area contributed by atoms with E-state index in [1.165, 1.54) is 0 Å². The van der Waals surface area contributed by atoms with Crippen LogP contribution in [0, 0.1) is 0 Å². The van der Waals surface area contributed by atoms with Crippen molar-refractivity contribution in [2.75, 3.05) is 33.9 Å². The number of nitrogens with zero attached hydrogens (tertiary/aromatic N) is 2. The number of piperazine rings is 1. The minimum atomic E-state index is -0.593. The molecule has 0 radical (unpaired) electrons. The van der Waals surface area contributed by atoms with Gasteiger partial charge in [0.05, 0.1) is 26.9 Å². The fourth-order valence-electron chi connectivity index (χ4n) is 5.54. The molecule has 2 aromatic carbocycles. The minimum absolute atomic E-state index is 0.0260. The van der Waals surface area contributed by atoms with E-state index < -0.39 is 12.1 Å². The van der Waals surface area contributed by atoms with E-state index in [2.05, 4.69) is 11.1 Å². The third-order valence-corrected chi connectivity index (χ3v) is 7.09. The zero-order valence-electron chi connectivity index (χ0n) is 21.2. The van der Waals surface area contributed by atoms with Crippen molar-refractivity contribution in [3.8, 4) is 11.5 Å². The molecule has 36 heavy (non-hydrogen) atoms.